The van der Waals surface area contributed by atoms with Crippen molar-refractivity contribution in [1.29, 1.82) is 0 Å². The third-order valence-corrected chi connectivity index (χ3v) is 4.20. The van der Waals surface area contributed by atoms with E-state index in [-0.39, 0.29) is 0 Å². The van der Waals surface area contributed by atoms with Crippen molar-refractivity contribution >= 4 is 5.69 Å². The summed E-state index contributed by atoms with van der Waals surface area (Å²) in [6.45, 7) is 3.85. The van der Waals surface area contributed by atoms with Crippen molar-refractivity contribution in [3.63, 3.8) is 0 Å². The van der Waals surface area contributed by atoms with Gasteiger partial charge >= 0.3 is 0 Å². The fraction of sp³-hybridized carbons (Fsp3) is 0.333. The molecule has 0 aromatic heterocycles. The van der Waals surface area contributed by atoms with Crippen LogP contribution in [0.4, 0.5) is 5.69 Å². The first-order chi connectivity index (χ1) is 9.79. The van der Waals surface area contributed by atoms with Gasteiger partial charge in [-0.05, 0) is 37.0 Å². The van der Waals surface area contributed by atoms with Gasteiger partial charge in [-0.2, -0.15) is 0 Å². The number of benzene rings is 2. The van der Waals surface area contributed by atoms with Gasteiger partial charge in [0.05, 0.1) is 6.04 Å². The van der Waals surface area contributed by atoms with E-state index in [1.807, 2.05) is 0 Å². The molecule has 0 radical (unpaired) electrons. The summed E-state index contributed by atoms with van der Waals surface area (Å²) in [5.41, 5.74) is 11.2. The Morgan fingerprint density at radius 2 is 1.95 bits per heavy atom. The zero-order valence-electron chi connectivity index (χ0n) is 12.0. The number of hydrogen-bond acceptors (Lipinski definition) is 2. The van der Waals surface area contributed by atoms with Crippen molar-refractivity contribution in [2.24, 2.45) is 5.73 Å². The SMILES string of the molecule is Cc1ccc(N2CCCC2c2ccccc2)c(CN)c1. The molecule has 2 aromatic rings. The highest BCUT2D eigenvalue weighted by Gasteiger charge is 2.27. The zero-order valence-corrected chi connectivity index (χ0v) is 12.0. The molecule has 0 amide bonds. The van der Waals surface area contributed by atoms with E-state index in [0.29, 0.717) is 12.6 Å². The molecule has 1 saturated heterocycles. The number of hydrogen-bond donors (Lipinski definition) is 1. The summed E-state index contributed by atoms with van der Waals surface area (Å²) in [4.78, 5) is 2.52. The molecule has 1 aliphatic heterocycles. The van der Waals surface area contributed by atoms with Gasteiger partial charge in [-0.1, -0.05) is 48.0 Å². The monoisotopic (exact) mass is 266 g/mol. The van der Waals surface area contributed by atoms with Gasteiger partial charge in [0, 0.05) is 18.8 Å². The molecule has 1 heterocycles. The van der Waals surface area contributed by atoms with Crippen molar-refractivity contribution in [2.75, 3.05) is 11.4 Å². The Bertz CT molecular complexity index is 577. The standard InChI is InChI=1S/C18H22N2/c1-14-9-10-18(16(12-14)13-19)20-11-5-8-17(20)15-6-3-2-4-7-15/h2-4,6-7,9-10,12,17H,5,8,11,13,19H2,1H3. The minimum absolute atomic E-state index is 0.490. The maximum atomic E-state index is 5.94. The lowest BCUT2D eigenvalue weighted by molar-refractivity contribution is 0.716. The zero-order chi connectivity index (χ0) is 13.9. The number of nitrogens with zero attached hydrogens (tertiary/aromatic N) is 1. The van der Waals surface area contributed by atoms with Crippen molar-refractivity contribution in [2.45, 2.75) is 32.4 Å². The van der Waals surface area contributed by atoms with Gasteiger partial charge in [0.25, 0.3) is 0 Å². The van der Waals surface area contributed by atoms with E-state index in [9.17, 15) is 0 Å². The highest BCUT2D eigenvalue weighted by atomic mass is 15.2. The fourth-order valence-corrected chi connectivity index (χ4v) is 3.23. The Morgan fingerprint density at radius 3 is 2.70 bits per heavy atom. The molecular weight excluding hydrogens is 244 g/mol. The van der Waals surface area contributed by atoms with Crippen LogP contribution in [0, 0.1) is 6.92 Å². The highest BCUT2D eigenvalue weighted by molar-refractivity contribution is 5.57. The van der Waals surface area contributed by atoms with Gasteiger partial charge in [-0.3, -0.25) is 0 Å². The Labute approximate surface area is 121 Å². The van der Waals surface area contributed by atoms with E-state index in [2.05, 4.69) is 60.4 Å². The summed E-state index contributed by atoms with van der Waals surface area (Å²) in [7, 11) is 0. The third-order valence-electron chi connectivity index (χ3n) is 4.20. The first-order valence-electron chi connectivity index (χ1n) is 7.41. The number of nitrogens with two attached hydrogens (primary N) is 1. The first-order valence-corrected chi connectivity index (χ1v) is 7.41. The lowest BCUT2D eigenvalue weighted by Crippen LogP contribution is -2.24. The molecule has 0 bridgehead atoms. The van der Waals surface area contributed by atoms with Crippen molar-refractivity contribution in [3.8, 4) is 0 Å². The molecule has 1 fully saturated rings. The van der Waals surface area contributed by atoms with E-state index in [1.165, 1.54) is 35.2 Å². The van der Waals surface area contributed by atoms with Gasteiger partial charge in [0.1, 0.15) is 0 Å². The minimum atomic E-state index is 0.490. The fourth-order valence-electron chi connectivity index (χ4n) is 3.23. The van der Waals surface area contributed by atoms with Crippen LogP contribution < -0.4 is 10.6 Å². The summed E-state index contributed by atoms with van der Waals surface area (Å²) in [5, 5.41) is 0. The molecular formula is C18H22N2. The van der Waals surface area contributed by atoms with Gasteiger partial charge in [0.2, 0.25) is 0 Å². The largest absolute Gasteiger partial charge is 0.364 e. The molecule has 20 heavy (non-hydrogen) atoms. The lowest BCUT2D eigenvalue weighted by Gasteiger charge is -2.29. The average Bonchev–Trinajstić information content (AvgIpc) is 2.97. The Morgan fingerprint density at radius 1 is 1.15 bits per heavy atom. The second-order valence-electron chi connectivity index (χ2n) is 5.60. The van der Waals surface area contributed by atoms with Crippen LogP contribution in [-0.4, -0.2) is 6.54 Å². The molecule has 2 heteroatoms. The normalized spacial score (nSPS) is 18.5. The molecule has 2 nitrogen and oxygen atoms in total. The van der Waals surface area contributed by atoms with Crippen molar-refractivity contribution in [3.05, 3.63) is 65.2 Å². The summed E-state index contributed by atoms with van der Waals surface area (Å²) < 4.78 is 0. The van der Waals surface area contributed by atoms with E-state index >= 15 is 0 Å². The smallest absolute Gasteiger partial charge is 0.0543 e. The summed E-state index contributed by atoms with van der Waals surface area (Å²) >= 11 is 0. The molecule has 3 rings (SSSR count). The highest BCUT2D eigenvalue weighted by Crippen LogP contribution is 2.37. The maximum absolute atomic E-state index is 5.94. The van der Waals surface area contributed by atoms with Crippen LogP contribution in [-0.2, 0) is 6.54 Å². The van der Waals surface area contributed by atoms with E-state index in [1.54, 1.807) is 0 Å². The van der Waals surface area contributed by atoms with E-state index in [0.717, 1.165) is 6.54 Å². The van der Waals surface area contributed by atoms with Crippen LogP contribution in [0.1, 0.15) is 35.6 Å². The van der Waals surface area contributed by atoms with Gasteiger partial charge in [-0.15, -0.1) is 0 Å². The number of anilines is 1. The molecule has 104 valence electrons. The second kappa shape index (κ2) is 5.68. The van der Waals surface area contributed by atoms with Crippen LogP contribution in [0.3, 0.4) is 0 Å². The molecule has 1 unspecified atom stereocenters. The van der Waals surface area contributed by atoms with Gasteiger partial charge in [-0.25, -0.2) is 0 Å². The third kappa shape index (κ3) is 2.44. The summed E-state index contributed by atoms with van der Waals surface area (Å²) in [6, 6.07) is 17.9. The first kappa shape index (κ1) is 13.2. The van der Waals surface area contributed by atoms with Crippen LogP contribution in [0.15, 0.2) is 48.5 Å². The lowest BCUT2D eigenvalue weighted by atomic mass is 10.0. The molecule has 1 atom stereocenters. The molecule has 0 aliphatic carbocycles. The molecule has 2 aromatic carbocycles. The summed E-state index contributed by atoms with van der Waals surface area (Å²) in [6.07, 6.45) is 2.47. The Kier molecular flexibility index (Phi) is 3.75. The molecule has 0 spiro atoms. The van der Waals surface area contributed by atoms with Crippen LogP contribution in [0.25, 0.3) is 0 Å². The Hall–Kier alpha value is -1.80. The Balaban J connectivity index is 1.97. The van der Waals surface area contributed by atoms with Crippen LogP contribution in [0.5, 0.6) is 0 Å². The van der Waals surface area contributed by atoms with E-state index in [4.69, 9.17) is 5.73 Å². The van der Waals surface area contributed by atoms with Gasteiger partial charge < -0.3 is 10.6 Å². The second-order valence-corrected chi connectivity index (χ2v) is 5.60. The van der Waals surface area contributed by atoms with Crippen LogP contribution >= 0.6 is 0 Å². The van der Waals surface area contributed by atoms with Gasteiger partial charge in [0.15, 0.2) is 0 Å². The van der Waals surface area contributed by atoms with Crippen LogP contribution in [0.2, 0.25) is 0 Å². The quantitative estimate of drug-likeness (QED) is 0.915. The maximum Gasteiger partial charge on any atom is 0.0543 e. The van der Waals surface area contributed by atoms with E-state index < -0.39 is 0 Å². The molecule has 2 N–H and O–H groups in total. The number of aryl methyl sites for hydroxylation is 1. The molecule has 1 aliphatic rings. The predicted molar refractivity (Wildman–Crippen MR) is 84.8 cm³/mol. The predicted octanol–water partition coefficient (Wildman–Crippen LogP) is 3.80. The minimum Gasteiger partial charge on any atom is -0.364 e. The van der Waals surface area contributed by atoms with Crippen molar-refractivity contribution < 1.29 is 0 Å². The average molecular weight is 266 g/mol. The topological polar surface area (TPSA) is 29.3 Å². The number of rotatable bonds is 3. The van der Waals surface area contributed by atoms with Crippen molar-refractivity contribution in [1.82, 2.24) is 0 Å². The summed E-state index contributed by atoms with van der Waals surface area (Å²) in [5.74, 6) is 0. The molecule has 0 saturated carbocycles.